The predicted molar refractivity (Wildman–Crippen MR) is 97.5 cm³/mol. The molecule has 10 heteroatoms. The van der Waals surface area contributed by atoms with Gasteiger partial charge in [-0.15, -0.1) is 0 Å². The van der Waals surface area contributed by atoms with E-state index in [1.165, 1.54) is 36.4 Å². The van der Waals surface area contributed by atoms with Crippen molar-refractivity contribution in [3.8, 4) is 5.75 Å². The number of amides is 1. The molecular weight excluding hydrogens is 397 g/mol. The Morgan fingerprint density at radius 2 is 1.79 bits per heavy atom. The summed E-state index contributed by atoms with van der Waals surface area (Å²) in [5, 5.41) is 2.60. The lowest BCUT2D eigenvalue weighted by Crippen LogP contribution is -2.28. The third-order valence-corrected chi connectivity index (χ3v) is 5.07. The van der Waals surface area contributed by atoms with Crippen LogP contribution >= 0.6 is 0 Å². The average Bonchev–Trinajstić information content (AvgIpc) is 2.65. The number of ether oxygens (including phenoxy) is 1. The van der Waals surface area contributed by atoms with Crippen LogP contribution in [0.15, 0.2) is 53.4 Å². The van der Waals surface area contributed by atoms with Gasteiger partial charge in [0.25, 0.3) is 0 Å². The zero-order chi connectivity index (χ0) is 20.8. The molecule has 0 saturated carbocycles. The molecule has 2 aromatic rings. The maximum Gasteiger partial charge on any atom is 0.416 e. The largest absolute Gasteiger partial charge is 0.492 e. The van der Waals surface area contributed by atoms with E-state index in [9.17, 15) is 26.4 Å². The van der Waals surface area contributed by atoms with Crippen LogP contribution in [0.2, 0.25) is 0 Å². The fraction of sp³-hybridized carbons (Fsp3) is 0.278. The Balaban J connectivity index is 1.89. The van der Waals surface area contributed by atoms with Crippen LogP contribution in [0.3, 0.4) is 0 Å². The van der Waals surface area contributed by atoms with Gasteiger partial charge in [0.1, 0.15) is 12.4 Å². The lowest BCUT2D eigenvalue weighted by Gasteiger charge is -2.11. The summed E-state index contributed by atoms with van der Waals surface area (Å²) in [4.78, 5) is 11.3. The topological polar surface area (TPSA) is 84.5 Å². The maximum absolute atomic E-state index is 12.6. The molecule has 0 saturated heterocycles. The normalized spacial score (nSPS) is 11.9. The second-order valence-electron chi connectivity index (χ2n) is 5.70. The number of halogens is 3. The van der Waals surface area contributed by atoms with E-state index in [0.29, 0.717) is 12.1 Å². The molecule has 2 aromatic carbocycles. The van der Waals surface area contributed by atoms with Gasteiger partial charge < -0.3 is 10.1 Å². The Bertz CT molecular complexity index is 913. The van der Waals surface area contributed by atoms with Crippen molar-refractivity contribution in [2.75, 3.05) is 18.5 Å². The van der Waals surface area contributed by atoms with Gasteiger partial charge in [0.15, 0.2) is 0 Å². The molecule has 0 aromatic heterocycles. The summed E-state index contributed by atoms with van der Waals surface area (Å²) in [6.07, 6.45) is -4.18. The molecule has 0 fully saturated rings. The number of rotatable bonds is 8. The van der Waals surface area contributed by atoms with Crippen LogP contribution in [0.1, 0.15) is 18.9 Å². The molecule has 0 bridgehead atoms. The van der Waals surface area contributed by atoms with Crippen molar-refractivity contribution in [3.63, 3.8) is 0 Å². The Kier molecular flexibility index (Phi) is 7.03. The minimum absolute atomic E-state index is 0.00922. The molecule has 0 aliphatic heterocycles. The standard InChI is InChI=1S/C18H19F3N2O4S/c1-2-17(24)23-14-6-8-16(9-7-14)28(25,26)22-10-11-27-15-5-3-4-13(12-15)18(19,20)21/h3-9,12,22H,2,10-11H2,1H3,(H,23,24). The van der Waals surface area contributed by atoms with Crippen LogP contribution in [0.4, 0.5) is 18.9 Å². The van der Waals surface area contributed by atoms with E-state index in [0.717, 1.165) is 12.1 Å². The minimum Gasteiger partial charge on any atom is -0.492 e. The molecule has 0 unspecified atom stereocenters. The molecule has 0 atom stereocenters. The van der Waals surface area contributed by atoms with Gasteiger partial charge in [-0.1, -0.05) is 13.0 Å². The number of alkyl halides is 3. The third-order valence-electron chi connectivity index (χ3n) is 3.59. The molecule has 0 spiro atoms. The van der Waals surface area contributed by atoms with Crippen molar-refractivity contribution in [2.45, 2.75) is 24.4 Å². The number of sulfonamides is 1. The first-order valence-corrected chi connectivity index (χ1v) is 9.80. The fourth-order valence-electron chi connectivity index (χ4n) is 2.16. The molecule has 0 aliphatic carbocycles. The number of carbonyl (C=O) groups excluding carboxylic acids is 1. The molecular formula is C18H19F3N2O4S. The third kappa shape index (κ3) is 6.24. The molecule has 1 amide bonds. The number of hydrogen-bond acceptors (Lipinski definition) is 4. The van der Waals surface area contributed by atoms with Gasteiger partial charge in [-0.3, -0.25) is 4.79 Å². The van der Waals surface area contributed by atoms with Crippen LogP contribution < -0.4 is 14.8 Å². The zero-order valence-electron chi connectivity index (χ0n) is 14.9. The van der Waals surface area contributed by atoms with Crippen LogP contribution in [-0.4, -0.2) is 27.5 Å². The first-order chi connectivity index (χ1) is 13.1. The Labute approximate surface area is 160 Å². The molecule has 6 nitrogen and oxygen atoms in total. The van der Waals surface area contributed by atoms with Gasteiger partial charge in [0, 0.05) is 18.7 Å². The van der Waals surface area contributed by atoms with Gasteiger partial charge in [-0.2, -0.15) is 13.2 Å². The first kappa shape index (κ1) is 21.7. The van der Waals surface area contributed by atoms with Crippen molar-refractivity contribution in [3.05, 3.63) is 54.1 Å². The highest BCUT2D eigenvalue weighted by Crippen LogP contribution is 2.31. The van der Waals surface area contributed by atoms with Crippen molar-refractivity contribution >= 4 is 21.6 Å². The number of benzene rings is 2. The van der Waals surface area contributed by atoms with Crippen molar-refractivity contribution in [1.82, 2.24) is 4.72 Å². The minimum atomic E-state index is -4.48. The lowest BCUT2D eigenvalue weighted by molar-refractivity contribution is -0.137. The second-order valence-corrected chi connectivity index (χ2v) is 7.46. The summed E-state index contributed by atoms with van der Waals surface area (Å²) in [5.74, 6) is -0.203. The quantitative estimate of drug-likeness (QED) is 0.646. The van der Waals surface area contributed by atoms with Crippen molar-refractivity contribution in [2.24, 2.45) is 0 Å². The maximum atomic E-state index is 12.6. The van der Waals surface area contributed by atoms with E-state index in [2.05, 4.69) is 10.0 Å². The second kappa shape index (κ2) is 9.07. The highest BCUT2D eigenvalue weighted by Gasteiger charge is 2.30. The van der Waals surface area contributed by atoms with E-state index >= 15 is 0 Å². The van der Waals surface area contributed by atoms with E-state index < -0.39 is 21.8 Å². The summed E-state index contributed by atoms with van der Waals surface area (Å²) in [6, 6.07) is 9.92. The van der Waals surface area contributed by atoms with Crippen molar-refractivity contribution < 1.29 is 31.1 Å². The van der Waals surface area contributed by atoms with E-state index in [1.807, 2.05) is 0 Å². The summed E-state index contributed by atoms with van der Waals surface area (Å²) >= 11 is 0. The molecule has 2 N–H and O–H groups in total. The Hall–Kier alpha value is -2.59. The number of anilines is 1. The van der Waals surface area contributed by atoms with Crippen LogP contribution in [0.5, 0.6) is 5.75 Å². The highest BCUT2D eigenvalue weighted by molar-refractivity contribution is 7.89. The summed E-state index contributed by atoms with van der Waals surface area (Å²) in [5.41, 5.74) is -0.375. The van der Waals surface area contributed by atoms with E-state index in [1.54, 1.807) is 6.92 Å². The highest BCUT2D eigenvalue weighted by atomic mass is 32.2. The molecule has 0 heterocycles. The number of carbonyl (C=O) groups is 1. The Morgan fingerprint density at radius 1 is 1.11 bits per heavy atom. The number of hydrogen-bond donors (Lipinski definition) is 2. The van der Waals surface area contributed by atoms with E-state index in [-0.39, 0.29) is 29.7 Å². The smallest absolute Gasteiger partial charge is 0.416 e. The summed E-state index contributed by atoms with van der Waals surface area (Å²) in [7, 11) is -3.82. The zero-order valence-corrected chi connectivity index (χ0v) is 15.7. The lowest BCUT2D eigenvalue weighted by atomic mass is 10.2. The Morgan fingerprint density at radius 3 is 2.39 bits per heavy atom. The monoisotopic (exact) mass is 416 g/mol. The first-order valence-electron chi connectivity index (χ1n) is 8.31. The molecule has 0 radical (unpaired) electrons. The van der Waals surface area contributed by atoms with Gasteiger partial charge in [0.2, 0.25) is 15.9 Å². The van der Waals surface area contributed by atoms with Gasteiger partial charge in [-0.25, -0.2) is 13.1 Å². The molecule has 0 aliphatic rings. The van der Waals surface area contributed by atoms with Gasteiger partial charge in [0.05, 0.1) is 10.5 Å². The average molecular weight is 416 g/mol. The SMILES string of the molecule is CCC(=O)Nc1ccc(S(=O)(=O)NCCOc2cccc(C(F)(F)F)c2)cc1. The van der Waals surface area contributed by atoms with Crippen LogP contribution in [-0.2, 0) is 21.0 Å². The predicted octanol–water partition coefficient (Wildman–Crippen LogP) is 3.41. The molecule has 2 rings (SSSR count). The number of nitrogens with one attached hydrogen (secondary N) is 2. The van der Waals surface area contributed by atoms with Gasteiger partial charge in [-0.05, 0) is 42.5 Å². The van der Waals surface area contributed by atoms with Crippen LogP contribution in [0.25, 0.3) is 0 Å². The fourth-order valence-corrected chi connectivity index (χ4v) is 3.17. The molecule has 28 heavy (non-hydrogen) atoms. The van der Waals surface area contributed by atoms with Crippen molar-refractivity contribution in [1.29, 1.82) is 0 Å². The van der Waals surface area contributed by atoms with Crippen LogP contribution in [0, 0.1) is 0 Å². The summed E-state index contributed by atoms with van der Waals surface area (Å²) in [6.45, 7) is 1.41. The molecule has 152 valence electrons. The summed E-state index contributed by atoms with van der Waals surface area (Å²) < 4.78 is 69.9. The van der Waals surface area contributed by atoms with E-state index in [4.69, 9.17) is 4.74 Å². The van der Waals surface area contributed by atoms with Gasteiger partial charge >= 0.3 is 6.18 Å².